The van der Waals surface area contributed by atoms with Gasteiger partial charge < -0.3 is 14.6 Å². The molecule has 0 amide bonds. The summed E-state index contributed by atoms with van der Waals surface area (Å²) >= 11 is 0. The Kier molecular flexibility index (Phi) is 5.92. The van der Waals surface area contributed by atoms with Crippen LogP contribution in [0.25, 0.3) is 0 Å². The topological polar surface area (TPSA) is 106 Å². The summed E-state index contributed by atoms with van der Waals surface area (Å²) in [7, 11) is -4.04. The first-order chi connectivity index (χ1) is 13.6. The summed E-state index contributed by atoms with van der Waals surface area (Å²) in [4.78, 5) is 15.7. The zero-order chi connectivity index (χ0) is 21.2. The maximum Gasteiger partial charge on any atom is 0.324 e. The minimum Gasteiger partial charge on any atom is -0.489 e. The van der Waals surface area contributed by atoms with Crippen molar-refractivity contribution in [1.29, 1.82) is 0 Å². The molecule has 1 aromatic carbocycles. The van der Waals surface area contributed by atoms with Crippen molar-refractivity contribution in [3.63, 3.8) is 0 Å². The Morgan fingerprint density at radius 2 is 1.86 bits per heavy atom. The van der Waals surface area contributed by atoms with Crippen molar-refractivity contribution in [2.75, 3.05) is 6.54 Å². The van der Waals surface area contributed by atoms with Gasteiger partial charge in [0.15, 0.2) is 0 Å². The average Bonchev–Trinajstić information content (AvgIpc) is 2.66. The third-order valence-corrected chi connectivity index (χ3v) is 6.48. The van der Waals surface area contributed by atoms with Crippen LogP contribution in [0.4, 0.5) is 0 Å². The van der Waals surface area contributed by atoms with Crippen molar-refractivity contribution < 1.29 is 27.8 Å². The van der Waals surface area contributed by atoms with E-state index in [-0.39, 0.29) is 11.4 Å². The van der Waals surface area contributed by atoms with E-state index < -0.39 is 33.7 Å². The van der Waals surface area contributed by atoms with Gasteiger partial charge in [0, 0.05) is 18.9 Å². The molecule has 9 heteroatoms. The lowest BCUT2D eigenvalue weighted by molar-refractivity contribution is -0.168. The van der Waals surface area contributed by atoms with Crippen LogP contribution in [-0.2, 0) is 26.2 Å². The molecule has 1 aromatic heterocycles. The van der Waals surface area contributed by atoms with Gasteiger partial charge in [0.2, 0.25) is 10.0 Å². The maximum atomic E-state index is 13.2. The van der Waals surface area contributed by atoms with E-state index in [1.165, 1.54) is 12.1 Å². The number of carboxylic acids is 1. The van der Waals surface area contributed by atoms with Crippen LogP contribution < -0.4 is 4.74 Å². The molecule has 1 fully saturated rings. The summed E-state index contributed by atoms with van der Waals surface area (Å²) in [5, 5.41) is 9.57. The lowest BCUT2D eigenvalue weighted by Crippen LogP contribution is -2.62. The van der Waals surface area contributed by atoms with Gasteiger partial charge in [-0.3, -0.25) is 9.78 Å². The van der Waals surface area contributed by atoms with Gasteiger partial charge in [0.05, 0.1) is 16.6 Å². The maximum absolute atomic E-state index is 13.2. The molecule has 2 atom stereocenters. The first-order valence-corrected chi connectivity index (χ1v) is 10.6. The second-order valence-electron chi connectivity index (χ2n) is 7.53. The second kappa shape index (κ2) is 8.10. The number of pyridine rings is 1. The first kappa shape index (κ1) is 21.2. The van der Waals surface area contributed by atoms with Crippen LogP contribution >= 0.6 is 0 Å². The Morgan fingerprint density at radius 1 is 1.24 bits per heavy atom. The molecule has 0 spiro atoms. The number of ether oxygens (including phenoxy) is 2. The molecule has 29 heavy (non-hydrogen) atoms. The van der Waals surface area contributed by atoms with Gasteiger partial charge in [-0.05, 0) is 62.7 Å². The Hall–Kier alpha value is -2.49. The number of hydrogen-bond donors (Lipinski definition) is 1. The lowest BCUT2D eigenvalue weighted by atomic mass is 10.0. The van der Waals surface area contributed by atoms with E-state index in [1.807, 2.05) is 12.1 Å². The fourth-order valence-corrected chi connectivity index (χ4v) is 5.15. The fourth-order valence-electron chi connectivity index (χ4n) is 3.36. The lowest BCUT2D eigenvalue weighted by Gasteiger charge is -2.44. The molecule has 2 aromatic rings. The molecule has 0 radical (unpaired) electrons. The summed E-state index contributed by atoms with van der Waals surface area (Å²) in [6, 6.07) is 8.30. The highest BCUT2D eigenvalue weighted by Gasteiger charge is 2.48. The molecule has 3 rings (SSSR count). The van der Waals surface area contributed by atoms with Gasteiger partial charge in [0.1, 0.15) is 18.4 Å². The predicted molar refractivity (Wildman–Crippen MR) is 105 cm³/mol. The Balaban J connectivity index is 1.81. The fraction of sp³-hybridized carbons (Fsp3) is 0.400. The summed E-state index contributed by atoms with van der Waals surface area (Å²) in [6.07, 6.45) is 2.55. The molecule has 1 aliphatic heterocycles. The number of aliphatic carboxylic acids is 1. The zero-order valence-electron chi connectivity index (χ0n) is 16.5. The first-order valence-electron chi connectivity index (χ1n) is 9.14. The van der Waals surface area contributed by atoms with Crippen molar-refractivity contribution in [2.24, 2.45) is 0 Å². The molecule has 0 bridgehead atoms. The van der Waals surface area contributed by atoms with Crippen molar-refractivity contribution in [3.05, 3.63) is 54.4 Å². The number of carbonyl (C=O) groups is 1. The van der Waals surface area contributed by atoms with E-state index >= 15 is 0 Å². The van der Waals surface area contributed by atoms with Crippen molar-refractivity contribution in [1.82, 2.24) is 9.29 Å². The van der Waals surface area contributed by atoms with E-state index in [4.69, 9.17) is 9.47 Å². The van der Waals surface area contributed by atoms with Gasteiger partial charge in [-0.25, -0.2) is 8.42 Å². The molecule has 2 heterocycles. The number of rotatable bonds is 6. The molecule has 1 saturated heterocycles. The molecule has 156 valence electrons. The normalized spacial score (nSPS) is 22.2. The number of carboxylic acid groups (broad SMARTS) is 1. The van der Waals surface area contributed by atoms with E-state index in [9.17, 15) is 18.3 Å². The molecule has 0 aliphatic carbocycles. The van der Waals surface area contributed by atoms with Gasteiger partial charge in [0.25, 0.3) is 0 Å². The molecule has 2 unspecified atom stereocenters. The number of aromatic nitrogens is 1. The van der Waals surface area contributed by atoms with Crippen LogP contribution in [0.3, 0.4) is 0 Å². The van der Waals surface area contributed by atoms with E-state index in [1.54, 1.807) is 45.3 Å². The van der Waals surface area contributed by atoms with Crippen molar-refractivity contribution in [3.8, 4) is 5.75 Å². The highest BCUT2D eigenvalue weighted by atomic mass is 32.2. The standard InChI is InChI=1S/C20H24N2O6S/c1-14-18(19(23)24)22(13-20(2,3)28-14)29(25,26)17-6-4-16(5-7-17)27-12-15-8-10-21-11-9-15/h4-11,14,18H,12-13H2,1-3H3,(H,23,24). The van der Waals surface area contributed by atoms with Crippen LogP contribution in [0.2, 0.25) is 0 Å². The Bertz CT molecular complexity index is 960. The zero-order valence-corrected chi connectivity index (χ0v) is 17.3. The van der Waals surface area contributed by atoms with Crippen LogP contribution in [0.15, 0.2) is 53.7 Å². The summed E-state index contributed by atoms with van der Waals surface area (Å²) in [5.74, 6) is -0.736. The summed E-state index contributed by atoms with van der Waals surface area (Å²) in [5.41, 5.74) is 0.136. The van der Waals surface area contributed by atoms with E-state index in [2.05, 4.69) is 4.98 Å². The van der Waals surface area contributed by atoms with Crippen molar-refractivity contribution in [2.45, 2.75) is 50.0 Å². The van der Waals surface area contributed by atoms with Crippen molar-refractivity contribution >= 4 is 16.0 Å². The van der Waals surface area contributed by atoms with E-state index in [0.29, 0.717) is 12.4 Å². The number of morpholine rings is 1. The second-order valence-corrected chi connectivity index (χ2v) is 9.42. The van der Waals surface area contributed by atoms with Crippen LogP contribution in [0.5, 0.6) is 5.75 Å². The largest absolute Gasteiger partial charge is 0.489 e. The van der Waals surface area contributed by atoms with Gasteiger partial charge >= 0.3 is 5.97 Å². The average molecular weight is 420 g/mol. The predicted octanol–water partition coefficient (Wildman–Crippen LogP) is 2.30. The molecular weight excluding hydrogens is 396 g/mol. The molecule has 1 N–H and O–H groups in total. The highest BCUT2D eigenvalue weighted by Crippen LogP contribution is 2.31. The summed E-state index contributed by atoms with van der Waals surface area (Å²) < 4.78 is 38.7. The van der Waals surface area contributed by atoms with Gasteiger partial charge in [-0.15, -0.1) is 0 Å². The number of nitrogens with zero attached hydrogens (tertiary/aromatic N) is 2. The monoisotopic (exact) mass is 420 g/mol. The highest BCUT2D eigenvalue weighted by molar-refractivity contribution is 7.89. The Morgan fingerprint density at radius 3 is 2.45 bits per heavy atom. The third kappa shape index (κ3) is 4.75. The minimum atomic E-state index is -4.04. The minimum absolute atomic E-state index is 0.00455. The van der Waals surface area contributed by atoms with Gasteiger partial charge in [-0.1, -0.05) is 0 Å². The molecule has 0 saturated carbocycles. The van der Waals surface area contributed by atoms with Crippen LogP contribution in [0, 0.1) is 0 Å². The number of benzene rings is 1. The quantitative estimate of drug-likeness (QED) is 0.764. The molecule has 8 nitrogen and oxygen atoms in total. The van der Waals surface area contributed by atoms with Crippen LogP contribution in [-0.4, -0.2) is 53.1 Å². The SMILES string of the molecule is CC1OC(C)(C)CN(S(=O)(=O)c2ccc(OCc3ccncc3)cc2)C1C(=O)O. The third-order valence-electron chi connectivity index (χ3n) is 4.63. The smallest absolute Gasteiger partial charge is 0.324 e. The van der Waals surface area contributed by atoms with Crippen LogP contribution in [0.1, 0.15) is 26.3 Å². The molecule has 1 aliphatic rings. The Labute approximate surface area is 170 Å². The number of sulfonamides is 1. The summed E-state index contributed by atoms with van der Waals surface area (Å²) in [6.45, 7) is 5.31. The molecular formula is C20H24N2O6S. The van der Waals surface area contributed by atoms with Gasteiger partial charge in [-0.2, -0.15) is 4.31 Å². The van der Waals surface area contributed by atoms with E-state index in [0.717, 1.165) is 9.87 Å². The number of hydrogen-bond acceptors (Lipinski definition) is 6.